The molecular weight excluding hydrogens is 210 g/mol. The molecule has 0 unspecified atom stereocenters. The van der Waals surface area contributed by atoms with Crippen molar-refractivity contribution in [3.05, 3.63) is 0 Å². The molecule has 0 aliphatic carbocycles. The Labute approximate surface area is 83.3 Å². The lowest BCUT2D eigenvalue weighted by Gasteiger charge is -2.08. The summed E-state index contributed by atoms with van der Waals surface area (Å²) in [4.78, 5) is 10.0. The monoisotopic (exact) mass is 225 g/mol. The van der Waals surface area contributed by atoms with Gasteiger partial charge in [-0.05, 0) is 13.8 Å². The van der Waals surface area contributed by atoms with Crippen molar-refractivity contribution in [1.82, 2.24) is 4.72 Å². The molecule has 0 amide bonds. The largest absolute Gasteiger partial charge is 0.480 e. The number of hydrogen-bond donors (Lipinski definition) is 2. The van der Waals surface area contributed by atoms with E-state index in [2.05, 4.69) is 9.46 Å². The van der Waals surface area contributed by atoms with Gasteiger partial charge in [0, 0.05) is 6.54 Å². The number of carboxylic acid groups (broad SMARTS) is 1. The summed E-state index contributed by atoms with van der Waals surface area (Å²) in [6.07, 6.45) is 0. The van der Waals surface area contributed by atoms with Crippen LogP contribution in [0.1, 0.15) is 13.8 Å². The highest BCUT2D eigenvalue weighted by Crippen LogP contribution is 1.94. The van der Waals surface area contributed by atoms with Crippen LogP contribution in [-0.4, -0.2) is 44.5 Å². The summed E-state index contributed by atoms with van der Waals surface area (Å²) in [5.41, 5.74) is 0. The average Bonchev–Trinajstić information content (AvgIpc) is 2.02. The third kappa shape index (κ3) is 5.90. The zero-order valence-electron chi connectivity index (χ0n) is 8.19. The normalized spacial score (nSPS) is 11.9. The highest BCUT2D eigenvalue weighted by Gasteiger charge is 2.14. The Bertz CT molecular complexity index is 272. The van der Waals surface area contributed by atoms with E-state index >= 15 is 0 Å². The van der Waals surface area contributed by atoms with Gasteiger partial charge in [0.25, 0.3) is 0 Å². The lowest BCUT2D eigenvalue weighted by atomic mass is 10.6. The van der Waals surface area contributed by atoms with E-state index in [1.54, 1.807) is 13.8 Å². The fourth-order valence-electron chi connectivity index (χ4n) is 0.582. The maximum Gasteiger partial charge on any atom is 0.329 e. The topological polar surface area (TPSA) is 92.7 Å². The minimum absolute atomic E-state index is 0.0538. The highest BCUT2D eigenvalue weighted by atomic mass is 32.2. The Morgan fingerprint density at radius 1 is 1.50 bits per heavy atom. The molecule has 0 radical (unpaired) electrons. The fourth-order valence-corrected chi connectivity index (χ4v) is 1.28. The molecule has 84 valence electrons. The molecular formula is C7H15NO5S. The second-order valence-electron chi connectivity index (χ2n) is 2.93. The number of hydrogen-bond acceptors (Lipinski definition) is 4. The number of aliphatic carboxylic acids is 1. The first-order chi connectivity index (χ1) is 6.36. The van der Waals surface area contributed by atoms with Crippen LogP contribution < -0.4 is 4.72 Å². The van der Waals surface area contributed by atoms with Crippen LogP contribution in [0.15, 0.2) is 0 Å². The summed E-state index contributed by atoms with van der Waals surface area (Å²) in [7, 11) is -3.28. The SMILES string of the molecule is CC(C)S(=O)(=O)NCCOCC(=O)O. The molecule has 0 rings (SSSR count). The number of nitrogens with one attached hydrogen (secondary N) is 1. The van der Waals surface area contributed by atoms with Crippen LogP contribution in [0.5, 0.6) is 0 Å². The zero-order valence-corrected chi connectivity index (χ0v) is 9.00. The Balaban J connectivity index is 3.60. The average molecular weight is 225 g/mol. The van der Waals surface area contributed by atoms with Gasteiger partial charge < -0.3 is 9.84 Å². The minimum Gasteiger partial charge on any atom is -0.480 e. The second-order valence-corrected chi connectivity index (χ2v) is 5.26. The van der Waals surface area contributed by atoms with Crippen LogP contribution in [0.4, 0.5) is 0 Å². The molecule has 0 aromatic carbocycles. The van der Waals surface area contributed by atoms with Crippen molar-refractivity contribution in [2.45, 2.75) is 19.1 Å². The third-order valence-electron chi connectivity index (χ3n) is 1.40. The van der Waals surface area contributed by atoms with Gasteiger partial charge in [0.2, 0.25) is 10.0 Å². The summed E-state index contributed by atoms with van der Waals surface area (Å²) in [6.45, 7) is 2.84. The number of ether oxygens (including phenoxy) is 1. The number of carboxylic acids is 1. The molecule has 0 bridgehead atoms. The van der Waals surface area contributed by atoms with Gasteiger partial charge in [-0.15, -0.1) is 0 Å². The predicted octanol–water partition coefficient (Wildman–Crippen LogP) is -0.585. The fraction of sp³-hybridized carbons (Fsp3) is 0.857. The van der Waals surface area contributed by atoms with Crippen molar-refractivity contribution in [1.29, 1.82) is 0 Å². The molecule has 0 saturated heterocycles. The second kappa shape index (κ2) is 5.94. The van der Waals surface area contributed by atoms with Gasteiger partial charge in [-0.3, -0.25) is 0 Å². The van der Waals surface area contributed by atoms with Crippen LogP contribution >= 0.6 is 0 Å². The maximum atomic E-state index is 11.1. The molecule has 0 spiro atoms. The lowest BCUT2D eigenvalue weighted by molar-refractivity contribution is -0.142. The van der Waals surface area contributed by atoms with Crippen molar-refractivity contribution in [2.24, 2.45) is 0 Å². The summed E-state index contributed by atoms with van der Waals surface area (Å²) >= 11 is 0. The van der Waals surface area contributed by atoms with Crippen LogP contribution in [0.3, 0.4) is 0 Å². The van der Waals surface area contributed by atoms with Gasteiger partial charge in [-0.25, -0.2) is 17.9 Å². The molecule has 0 aromatic heterocycles. The first-order valence-corrected chi connectivity index (χ1v) is 5.69. The minimum atomic E-state index is -3.28. The van der Waals surface area contributed by atoms with E-state index in [-0.39, 0.29) is 13.2 Å². The van der Waals surface area contributed by atoms with E-state index < -0.39 is 27.8 Å². The van der Waals surface area contributed by atoms with Gasteiger partial charge in [0.15, 0.2) is 0 Å². The summed E-state index contributed by atoms with van der Waals surface area (Å²) in [6, 6.07) is 0. The van der Waals surface area contributed by atoms with E-state index in [4.69, 9.17) is 5.11 Å². The summed E-state index contributed by atoms with van der Waals surface area (Å²) < 4.78 is 29.2. The summed E-state index contributed by atoms with van der Waals surface area (Å²) in [5.74, 6) is -1.07. The highest BCUT2D eigenvalue weighted by molar-refractivity contribution is 7.90. The molecule has 0 aliphatic heterocycles. The van der Waals surface area contributed by atoms with Crippen LogP contribution in [0, 0.1) is 0 Å². The molecule has 0 heterocycles. The standard InChI is InChI=1S/C7H15NO5S/c1-6(2)14(11,12)8-3-4-13-5-7(9)10/h6,8H,3-5H2,1-2H3,(H,9,10). The molecule has 0 saturated carbocycles. The molecule has 7 heteroatoms. The predicted molar refractivity (Wildman–Crippen MR) is 50.5 cm³/mol. The number of sulfonamides is 1. The van der Waals surface area contributed by atoms with Gasteiger partial charge in [-0.1, -0.05) is 0 Å². The Morgan fingerprint density at radius 3 is 2.50 bits per heavy atom. The van der Waals surface area contributed by atoms with Crippen molar-refractivity contribution >= 4 is 16.0 Å². The maximum absolute atomic E-state index is 11.1. The van der Waals surface area contributed by atoms with Crippen LogP contribution in [0.2, 0.25) is 0 Å². The van der Waals surface area contributed by atoms with Crippen molar-refractivity contribution in [2.75, 3.05) is 19.8 Å². The molecule has 0 atom stereocenters. The Morgan fingerprint density at radius 2 is 2.07 bits per heavy atom. The van der Waals surface area contributed by atoms with Crippen LogP contribution in [-0.2, 0) is 19.6 Å². The quantitative estimate of drug-likeness (QED) is 0.565. The van der Waals surface area contributed by atoms with Gasteiger partial charge in [0.1, 0.15) is 6.61 Å². The molecule has 0 fully saturated rings. The van der Waals surface area contributed by atoms with E-state index in [9.17, 15) is 13.2 Å². The Hall–Kier alpha value is -0.660. The molecule has 0 aromatic rings. The zero-order chi connectivity index (χ0) is 11.2. The molecule has 0 aliphatic rings. The van der Waals surface area contributed by atoms with E-state index in [1.807, 2.05) is 0 Å². The van der Waals surface area contributed by atoms with Gasteiger partial charge in [0.05, 0.1) is 11.9 Å². The van der Waals surface area contributed by atoms with E-state index in [1.165, 1.54) is 0 Å². The molecule has 2 N–H and O–H groups in total. The smallest absolute Gasteiger partial charge is 0.329 e. The van der Waals surface area contributed by atoms with E-state index in [0.29, 0.717) is 0 Å². The first-order valence-electron chi connectivity index (χ1n) is 4.14. The molecule has 6 nitrogen and oxygen atoms in total. The third-order valence-corrected chi connectivity index (χ3v) is 3.24. The number of rotatable bonds is 7. The van der Waals surface area contributed by atoms with Crippen LogP contribution in [0.25, 0.3) is 0 Å². The molecule has 14 heavy (non-hydrogen) atoms. The number of carbonyl (C=O) groups is 1. The van der Waals surface area contributed by atoms with Crippen molar-refractivity contribution in [3.63, 3.8) is 0 Å². The van der Waals surface area contributed by atoms with Gasteiger partial charge >= 0.3 is 5.97 Å². The first kappa shape index (κ1) is 13.3. The van der Waals surface area contributed by atoms with Gasteiger partial charge in [-0.2, -0.15) is 0 Å². The van der Waals surface area contributed by atoms with E-state index in [0.717, 1.165) is 0 Å². The van der Waals surface area contributed by atoms with Crippen molar-refractivity contribution in [3.8, 4) is 0 Å². The Kier molecular flexibility index (Phi) is 5.66. The lowest BCUT2D eigenvalue weighted by Crippen LogP contribution is -2.33. The van der Waals surface area contributed by atoms with Crippen molar-refractivity contribution < 1.29 is 23.1 Å². The summed E-state index contributed by atoms with van der Waals surface area (Å²) in [5, 5.41) is 7.70.